The monoisotopic (exact) mass is 357 g/mol. The van der Waals surface area contributed by atoms with E-state index in [0.717, 1.165) is 23.0 Å². The summed E-state index contributed by atoms with van der Waals surface area (Å²) in [6.45, 7) is 5.26. The fourth-order valence-corrected chi connectivity index (χ4v) is 3.22. The van der Waals surface area contributed by atoms with Crippen LogP contribution >= 0.6 is 15.9 Å². The maximum atomic E-state index is 13.5. The van der Waals surface area contributed by atoms with Gasteiger partial charge in [0, 0.05) is 10.5 Å². The molecule has 1 N–H and O–H groups in total. The third-order valence-corrected chi connectivity index (χ3v) is 4.60. The van der Waals surface area contributed by atoms with E-state index in [2.05, 4.69) is 35.1 Å². The topological polar surface area (TPSA) is 12.0 Å². The van der Waals surface area contributed by atoms with Gasteiger partial charge in [0.05, 0.1) is 0 Å². The van der Waals surface area contributed by atoms with E-state index in [1.54, 1.807) is 12.1 Å². The fraction of sp³-hybridized carbons (Fsp3) is 0.667. The van der Waals surface area contributed by atoms with Crippen molar-refractivity contribution in [2.75, 3.05) is 6.54 Å². The van der Waals surface area contributed by atoms with Crippen LogP contribution in [0.25, 0.3) is 0 Å². The largest absolute Gasteiger partial charge is 0.310 e. The summed E-state index contributed by atoms with van der Waals surface area (Å²) in [6.07, 6.45) is 10.2. The maximum absolute atomic E-state index is 13.5. The molecule has 1 atom stereocenters. The first-order chi connectivity index (χ1) is 10.2. The van der Waals surface area contributed by atoms with Crippen LogP contribution in [0.15, 0.2) is 22.7 Å². The summed E-state index contributed by atoms with van der Waals surface area (Å²) in [5.41, 5.74) is 1.04. The van der Waals surface area contributed by atoms with Crippen LogP contribution in [-0.2, 0) is 0 Å². The van der Waals surface area contributed by atoms with Crippen molar-refractivity contribution in [2.45, 2.75) is 71.3 Å². The second-order valence-electron chi connectivity index (χ2n) is 5.69. The average Bonchev–Trinajstić information content (AvgIpc) is 2.48. The van der Waals surface area contributed by atoms with E-state index in [9.17, 15) is 4.39 Å². The van der Waals surface area contributed by atoms with E-state index >= 15 is 0 Å². The first kappa shape index (κ1) is 18.6. The highest BCUT2D eigenvalue weighted by Crippen LogP contribution is 2.28. The Morgan fingerprint density at radius 2 is 1.71 bits per heavy atom. The van der Waals surface area contributed by atoms with Crippen molar-refractivity contribution >= 4 is 15.9 Å². The molecule has 1 unspecified atom stereocenters. The Labute approximate surface area is 137 Å². The van der Waals surface area contributed by atoms with E-state index in [1.165, 1.54) is 51.0 Å². The van der Waals surface area contributed by atoms with E-state index in [-0.39, 0.29) is 11.9 Å². The molecule has 0 heterocycles. The summed E-state index contributed by atoms with van der Waals surface area (Å²) in [5, 5.41) is 3.48. The lowest BCUT2D eigenvalue weighted by Gasteiger charge is -2.20. The lowest BCUT2D eigenvalue weighted by Crippen LogP contribution is -2.21. The highest BCUT2D eigenvalue weighted by Gasteiger charge is 2.14. The molecule has 21 heavy (non-hydrogen) atoms. The molecule has 120 valence electrons. The van der Waals surface area contributed by atoms with Gasteiger partial charge in [-0.05, 0) is 36.7 Å². The van der Waals surface area contributed by atoms with Crippen LogP contribution in [0.1, 0.15) is 76.8 Å². The van der Waals surface area contributed by atoms with Crippen LogP contribution in [0.3, 0.4) is 0 Å². The van der Waals surface area contributed by atoms with Crippen LogP contribution in [0, 0.1) is 5.82 Å². The van der Waals surface area contributed by atoms with Gasteiger partial charge < -0.3 is 5.32 Å². The molecule has 0 saturated carbocycles. The Morgan fingerprint density at radius 3 is 2.38 bits per heavy atom. The Balaban J connectivity index is 2.41. The summed E-state index contributed by atoms with van der Waals surface area (Å²) in [4.78, 5) is 0. The van der Waals surface area contributed by atoms with Gasteiger partial charge in [0.1, 0.15) is 5.82 Å². The van der Waals surface area contributed by atoms with Gasteiger partial charge in [0.25, 0.3) is 0 Å². The second kappa shape index (κ2) is 11.2. The van der Waals surface area contributed by atoms with Crippen molar-refractivity contribution in [3.8, 4) is 0 Å². The molecule has 0 aliphatic rings. The minimum absolute atomic E-state index is 0.157. The van der Waals surface area contributed by atoms with Gasteiger partial charge in [-0.25, -0.2) is 4.39 Å². The standard InChI is InChI=1S/C18H29BrFN/c1-3-5-6-7-8-9-10-11-18(21-4-2)16-14-15(20)12-13-17(16)19/h12-14,18,21H,3-11H2,1-2H3. The number of nitrogens with one attached hydrogen (secondary N) is 1. The van der Waals surface area contributed by atoms with Gasteiger partial charge in [0.15, 0.2) is 0 Å². The third-order valence-electron chi connectivity index (χ3n) is 3.88. The average molecular weight is 358 g/mol. The molecule has 1 rings (SSSR count). The van der Waals surface area contributed by atoms with E-state index in [0.29, 0.717) is 0 Å². The minimum Gasteiger partial charge on any atom is -0.310 e. The summed E-state index contributed by atoms with van der Waals surface area (Å²) in [7, 11) is 0. The molecule has 0 spiro atoms. The lowest BCUT2D eigenvalue weighted by molar-refractivity contribution is 0.472. The summed E-state index contributed by atoms with van der Waals surface area (Å²) in [5.74, 6) is -0.157. The predicted octanol–water partition coefficient (Wildman–Crippen LogP) is 6.38. The Hall–Kier alpha value is -0.410. The van der Waals surface area contributed by atoms with Gasteiger partial charge in [-0.1, -0.05) is 74.7 Å². The molecule has 0 aromatic heterocycles. The first-order valence-electron chi connectivity index (χ1n) is 8.37. The Kier molecular flexibility index (Phi) is 9.94. The lowest BCUT2D eigenvalue weighted by atomic mass is 9.99. The SMILES string of the molecule is CCCCCCCCCC(NCC)c1cc(F)ccc1Br. The van der Waals surface area contributed by atoms with Crippen LogP contribution in [-0.4, -0.2) is 6.54 Å². The molecule has 0 bridgehead atoms. The summed E-state index contributed by atoms with van der Waals surface area (Å²) < 4.78 is 14.5. The molecular formula is C18H29BrFN. The molecule has 3 heteroatoms. The van der Waals surface area contributed by atoms with Crippen molar-refractivity contribution in [1.82, 2.24) is 5.32 Å². The summed E-state index contributed by atoms with van der Waals surface area (Å²) in [6, 6.07) is 5.21. The van der Waals surface area contributed by atoms with Crippen molar-refractivity contribution in [1.29, 1.82) is 0 Å². The summed E-state index contributed by atoms with van der Waals surface area (Å²) >= 11 is 3.55. The molecule has 0 aliphatic heterocycles. The highest BCUT2D eigenvalue weighted by molar-refractivity contribution is 9.10. The van der Waals surface area contributed by atoms with Gasteiger partial charge >= 0.3 is 0 Å². The van der Waals surface area contributed by atoms with Gasteiger partial charge in [0.2, 0.25) is 0 Å². The van der Waals surface area contributed by atoms with Gasteiger partial charge in [-0.3, -0.25) is 0 Å². The van der Waals surface area contributed by atoms with Crippen molar-refractivity contribution in [2.24, 2.45) is 0 Å². The van der Waals surface area contributed by atoms with Crippen molar-refractivity contribution in [3.63, 3.8) is 0 Å². The Bertz CT molecular complexity index is 395. The highest BCUT2D eigenvalue weighted by atomic mass is 79.9. The minimum atomic E-state index is -0.157. The van der Waals surface area contributed by atoms with Gasteiger partial charge in [-0.2, -0.15) is 0 Å². The number of hydrogen-bond acceptors (Lipinski definition) is 1. The maximum Gasteiger partial charge on any atom is 0.123 e. The molecular weight excluding hydrogens is 329 g/mol. The van der Waals surface area contributed by atoms with E-state index in [4.69, 9.17) is 0 Å². The second-order valence-corrected chi connectivity index (χ2v) is 6.54. The number of rotatable bonds is 11. The zero-order valence-electron chi connectivity index (χ0n) is 13.4. The molecule has 0 aliphatic carbocycles. The number of benzene rings is 1. The van der Waals surface area contributed by atoms with Crippen LogP contribution < -0.4 is 5.32 Å². The quantitative estimate of drug-likeness (QED) is 0.453. The Morgan fingerprint density at radius 1 is 1.05 bits per heavy atom. The molecule has 0 fully saturated rings. The molecule has 0 amide bonds. The molecule has 1 nitrogen and oxygen atoms in total. The molecule has 1 aromatic rings. The molecule has 1 aromatic carbocycles. The predicted molar refractivity (Wildman–Crippen MR) is 93.1 cm³/mol. The number of halogens is 2. The zero-order chi connectivity index (χ0) is 15.5. The van der Waals surface area contributed by atoms with Crippen molar-refractivity contribution < 1.29 is 4.39 Å². The fourth-order valence-electron chi connectivity index (χ4n) is 2.70. The third kappa shape index (κ3) is 7.42. The van der Waals surface area contributed by atoms with Crippen LogP contribution in [0.2, 0.25) is 0 Å². The van der Waals surface area contributed by atoms with E-state index < -0.39 is 0 Å². The normalized spacial score (nSPS) is 12.6. The molecule has 0 radical (unpaired) electrons. The number of unbranched alkanes of at least 4 members (excludes halogenated alkanes) is 6. The van der Waals surface area contributed by atoms with Gasteiger partial charge in [-0.15, -0.1) is 0 Å². The van der Waals surface area contributed by atoms with E-state index in [1.807, 2.05) is 0 Å². The van der Waals surface area contributed by atoms with Crippen LogP contribution in [0.5, 0.6) is 0 Å². The zero-order valence-corrected chi connectivity index (χ0v) is 15.0. The number of hydrogen-bond donors (Lipinski definition) is 1. The van der Waals surface area contributed by atoms with Crippen LogP contribution in [0.4, 0.5) is 4.39 Å². The smallest absolute Gasteiger partial charge is 0.123 e. The van der Waals surface area contributed by atoms with Crippen molar-refractivity contribution in [3.05, 3.63) is 34.1 Å². The molecule has 0 saturated heterocycles. The first-order valence-corrected chi connectivity index (χ1v) is 9.16.